The van der Waals surface area contributed by atoms with E-state index in [1.165, 1.54) is 0 Å². The maximum Gasteiger partial charge on any atom is 0.417 e. The molecule has 1 N–H and O–H groups in total. The summed E-state index contributed by atoms with van der Waals surface area (Å²) in [4.78, 5) is 6.24. The number of hydrogen-bond donors (Lipinski definition) is 1. The lowest BCUT2D eigenvalue weighted by Crippen LogP contribution is -2.16. The number of imidazole rings is 1. The average molecular weight is 366 g/mol. The zero-order chi connectivity index (χ0) is 18.6. The molecular weight excluding hydrogens is 360 g/mol. The van der Waals surface area contributed by atoms with Crippen molar-refractivity contribution >= 4 is 11.0 Å². The van der Waals surface area contributed by atoms with Crippen LogP contribution in [0.3, 0.4) is 0 Å². The smallest absolute Gasteiger partial charge is 0.338 e. The highest BCUT2D eigenvalue weighted by molar-refractivity contribution is 5.79. The number of aromatic amines is 1. The molecule has 3 rings (SSSR count). The fourth-order valence-electron chi connectivity index (χ4n) is 2.31. The fraction of sp³-hybridized carbons (Fsp3) is 0.133. The van der Waals surface area contributed by atoms with E-state index in [1.54, 1.807) is 0 Å². The molecule has 0 aliphatic heterocycles. The van der Waals surface area contributed by atoms with Crippen molar-refractivity contribution in [1.29, 1.82) is 0 Å². The topological polar surface area (TPSA) is 28.7 Å². The second-order valence-electron chi connectivity index (χ2n) is 5.12. The summed E-state index contributed by atoms with van der Waals surface area (Å²) in [5, 5.41) is 0. The highest BCUT2D eigenvalue weighted by atomic mass is 19.4. The molecule has 10 heteroatoms. The Morgan fingerprint density at radius 3 is 1.96 bits per heavy atom. The van der Waals surface area contributed by atoms with E-state index < -0.39 is 35.1 Å². The first-order valence-electron chi connectivity index (χ1n) is 6.60. The second kappa shape index (κ2) is 5.43. The Balaban J connectivity index is 2.18. The van der Waals surface area contributed by atoms with Crippen molar-refractivity contribution in [3.05, 3.63) is 53.1 Å². The van der Waals surface area contributed by atoms with Gasteiger partial charge in [-0.3, -0.25) is 0 Å². The molecule has 132 valence electrons. The van der Waals surface area contributed by atoms with Crippen LogP contribution in [0.5, 0.6) is 0 Å². The van der Waals surface area contributed by atoms with Gasteiger partial charge in [0.15, 0.2) is 11.6 Å². The van der Waals surface area contributed by atoms with Gasteiger partial charge in [0, 0.05) is 17.7 Å². The Morgan fingerprint density at radius 1 is 0.760 bits per heavy atom. The molecule has 0 saturated carbocycles. The van der Waals surface area contributed by atoms with Gasteiger partial charge in [0.05, 0.1) is 22.2 Å². The summed E-state index contributed by atoms with van der Waals surface area (Å²) in [6.07, 6.45) is -10.4. The number of hydrogen-bond acceptors (Lipinski definition) is 1. The predicted molar refractivity (Wildman–Crippen MR) is 71.4 cm³/mol. The molecule has 0 radical (unpaired) electrons. The van der Waals surface area contributed by atoms with E-state index in [0.29, 0.717) is 0 Å². The minimum atomic E-state index is -5.24. The Kier molecular flexibility index (Phi) is 3.73. The van der Waals surface area contributed by atoms with E-state index in [2.05, 4.69) is 9.97 Å². The van der Waals surface area contributed by atoms with Gasteiger partial charge in [0.2, 0.25) is 0 Å². The fourth-order valence-corrected chi connectivity index (χ4v) is 2.31. The van der Waals surface area contributed by atoms with Crippen LogP contribution in [0, 0.1) is 11.6 Å². The molecule has 2 aromatic carbocycles. The monoisotopic (exact) mass is 366 g/mol. The van der Waals surface area contributed by atoms with Gasteiger partial charge in [-0.25, -0.2) is 13.8 Å². The molecule has 0 aliphatic carbocycles. The van der Waals surface area contributed by atoms with Gasteiger partial charge >= 0.3 is 12.4 Å². The predicted octanol–water partition coefficient (Wildman–Crippen LogP) is 5.55. The number of aromatic nitrogens is 2. The van der Waals surface area contributed by atoms with Crippen LogP contribution in [0.25, 0.3) is 22.4 Å². The zero-order valence-corrected chi connectivity index (χ0v) is 11.9. The Morgan fingerprint density at radius 2 is 1.36 bits per heavy atom. The highest BCUT2D eigenvalue weighted by Crippen LogP contribution is 2.41. The average Bonchev–Trinajstić information content (AvgIpc) is 2.88. The number of nitrogens with one attached hydrogen (secondary N) is 1. The van der Waals surface area contributed by atoms with Gasteiger partial charge in [0.25, 0.3) is 0 Å². The van der Waals surface area contributed by atoms with Crippen LogP contribution < -0.4 is 0 Å². The van der Waals surface area contributed by atoms with Crippen LogP contribution in [0.4, 0.5) is 35.1 Å². The normalized spacial score (nSPS) is 12.8. The summed E-state index contributed by atoms with van der Waals surface area (Å²) >= 11 is 0. The Bertz CT molecular complexity index is 914. The van der Waals surface area contributed by atoms with Crippen LogP contribution in [0.15, 0.2) is 30.3 Å². The minimum Gasteiger partial charge on any atom is -0.338 e. The van der Waals surface area contributed by atoms with Gasteiger partial charge in [-0.2, -0.15) is 26.3 Å². The molecule has 0 spiro atoms. The molecule has 0 atom stereocenters. The molecule has 1 aromatic heterocycles. The summed E-state index contributed by atoms with van der Waals surface area (Å²) in [5.41, 5.74) is -4.12. The van der Waals surface area contributed by atoms with E-state index >= 15 is 0 Å². The van der Waals surface area contributed by atoms with Crippen molar-refractivity contribution < 1.29 is 35.1 Å². The van der Waals surface area contributed by atoms with Crippen LogP contribution in [0.1, 0.15) is 11.1 Å². The number of H-pyrrole nitrogens is 1. The van der Waals surface area contributed by atoms with E-state index in [9.17, 15) is 35.1 Å². The Labute approximate surface area is 134 Å². The first kappa shape index (κ1) is 17.2. The van der Waals surface area contributed by atoms with Crippen LogP contribution in [-0.4, -0.2) is 9.97 Å². The Hall–Kier alpha value is -2.65. The first-order chi connectivity index (χ1) is 11.5. The van der Waals surface area contributed by atoms with E-state index in [-0.39, 0.29) is 34.6 Å². The number of rotatable bonds is 1. The number of nitrogens with zero attached hydrogens (tertiary/aromatic N) is 1. The zero-order valence-electron chi connectivity index (χ0n) is 11.9. The van der Waals surface area contributed by atoms with Crippen molar-refractivity contribution in [2.24, 2.45) is 0 Å². The van der Waals surface area contributed by atoms with Crippen molar-refractivity contribution in [2.75, 3.05) is 0 Å². The standard InChI is InChI=1S/C15H6F8N2/c16-9-4-11-12(5-10(9)17)25-13(24-11)6-1-2-7(14(18,19)20)8(3-6)15(21,22)23/h1-5H,(H,24,25). The number of alkyl halides is 6. The summed E-state index contributed by atoms with van der Waals surface area (Å²) in [6, 6.07) is 2.83. The van der Waals surface area contributed by atoms with Crippen molar-refractivity contribution in [1.82, 2.24) is 9.97 Å². The lowest BCUT2D eigenvalue weighted by Gasteiger charge is -2.16. The molecule has 0 amide bonds. The molecular formula is C15H6F8N2. The van der Waals surface area contributed by atoms with Crippen LogP contribution >= 0.6 is 0 Å². The highest BCUT2D eigenvalue weighted by Gasteiger charge is 2.43. The minimum absolute atomic E-state index is 0.0117. The van der Waals surface area contributed by atoms with Gasteiger partial charge in [-0.1, -0.05) is 6.07 Å². The van der Waals surface area contributed by atoms with Crippen molar-refractivity contribution in [3.63, 3.8) is 0 Å². The summed E-state index contributed by atoms with van der Waals surface area (Å²) in [5.74, 6) is -2.67. The third-order valence-corrected chi connectivity index (χ3v) is 3.43. The third-order valence-electron chi connectivity index (χ3n) is 3.43. The number of benzene rings is 2. The maximum absolute atomic E-state index is 13.2. The van der Waals surface area contributed by atoms with Gasteiger partial charge < -0.3 is 4.98 Å². The third kappa shape index (κ3) is 3.15. The first-order valence-corrected chi connectivity index (χ1v) is 6.60. The molecule has 0 unspecified atom stereocenters. The molecule has 3 aromatic rings. The molecule has 2 nitrogen and oxygen atoms in total. The van der Waals surface area contributed by atoms with Crippen molar-refractivity contribution in [3.8, 4) is 11.4 Å². The largest absolute Gasteiger partial charge is 0.417 e. The lowest BCUT2D eigenvalue weighted by molar-refractivity contribution is -0.162. The number of halogens is 8. The molecule has 0 aliphatic rings. The maximum atomic E-state index is 13.2. The second-order valence-corrected chi connectivity index (χ2v) is 5.12. The summed E-state index contributed by atoms with van der Waals surface area (Å²) < 4.78 is 103. The SMILES string of the molecule is Fc1cc2nc(-c3ccc(C(F)(F)F)c(C(F)(F)F)c3)[nH]c2cc1F. The van der Waals surface area contributed by atoms with Gasteiger partial charge in [-0.05, 0) is 12.1 Å². The molecule has 0 fully saturated rings. The number of fused-ring (bicyclic) bond motifs is 1. The quantitative estimate of drug-likeness (QED) is 0.563. The van der Waals surface area contributed by atoms with Crippen LogP contribution in [-0.2, 0) is 12.4 Å². The van der Waals surface area contributed by atoms with Crippen LogP contribution in [0.2, 0.25) is 0 Å². The van der Waals surface area contributed by atoms with E-state index in [1.807, 2.05) is 0 Å². The summed E-state index contributed by atoms with van der Waals surface area (Å²) in [6.45, 7) is 0. The molecule has 0 saturated heterocycles. The summed E-state index contributed by atoms with van der Waals surface area (Å²) in [7, 11) is 0. The molecule has 25 heavy (non-hydrogen) atoms. The van der Waals surface area contributed by atoms with Gasteiger partial charge in [-0.15, -0.1) is 0 Å². The van der Waals surface area contributed by atoms with E-state index in [0.717, 1.165) is 18.2 Å². The molecule has 0 bridgehead atoms. The van der Waals surface area contributed by atoms with Gasteiger partial charge in [0.1, 0.15) is 5.82 Å². The van der Waals surface area contributed by atoms with E-state index in [4.69, 9.17) is 0 Å². The lowest BCUT2D eigenvalue weighted by atomic mass is 10.0. The molecule has 1 heterocycles. The van der Waals surface area contributed by atoms with Crippen molar-refractivity contribution in [2.45, 2.75) is 12.4 Å².